The van der Waals surface area contributed by atoms with Gasteiger partial charge in [-0.15, -0.1) is 0 Å². The van der Waals surface area contributed by atoms with Crippen molar-refractivity contribution in [2.24, 2.45) is 0 Å². The molecule has 166 valence electrons. The van der Waals surface area contributed by atoms with Crippen LogP contribution in [0.2, 0.25) is 0 Å². The number of halogens is 2. The molecule has 1 amide bonds. The maximum Gasteiger partial charge on any atom is 0.341 e. The summed E-state index contributed by atoms with van der Waals surface area (Å²) in [5, 5.41) is 2.77. The van der Waals surface area contributed by atoms with Crippen molar-refractivity contribution in [1.82, 2.24) is 5.32 Å². The Morgan fingerprint density at radius 2 is 1.68 bits per heavy atom. The summed E-state index contributed by atoms with van der Waals surface area (Å²) >= 11 is 0. The topological polar surface area (TPSA) is 89.5 Å². The van der Waals surface area contributed by atoms with Crippen LogP contribution in [0.3, 0.4) is 0 Å². The molecular weight excluding hydrogens is 428 g/mol. The highest BCUT2D eigenvalue weighted by molar-refractivity contribution is 7.91. The van der Waals surface area contributed by atoms with Crippen LogP contribution in [-0.2, 0) is 32.2 Å². The van der Waals surface area contributed by atoms with Gasteiger partial charge in [-0.05, 0) is 73.6 Å². The lowest BCUT2D eigenvalue weighted by Gasteiger charge is -2.20. The Kier molecular flexibility index (Phi) is 7.04. The number of amides is 1. The Balaban J connectivity index is 1.54. The Morgan fingerprint density at radius 1 is 1.03 bits per heavy atom. The largest absolute Gasteiger partial charge is 0.452 e. The molecular formula is C22H23F2NO5S. The summed E-state index contributed by atoms with van der Waals surface area (Å²) in [6.07, 6.45) is 4.44. The number of aryl methyl sites for hydroxylation is 2. The zero-order valence-corrected chi connectivity index (χ0v) is 17.8. The average Bonchev–Trinajstić information content (AvgIpc) is 2.77. The quantitative estimate of drug-likeness (QED) is 0.650. The lowest BCUT2D eigenvalue weighted by atomic mass is 9.89. The minimum absolute atomic E-state index is 0.0521. The molecule has 0 heterocycles. The highest BCUT2D eigenvalue weighted by Crippen LogP contribution is 2.25. The van der Waals surface area contributed by atoms with Crippen molar-refractivity contribution < 1.29 is 31.5 Å². The molecule has 0 bridgehead atoms. The number of hydrogen-bond donors (Lipinski definition) is 1. The van der Waals surface area contributed by atoms with Crippen molar-refractivity contribution in [2.45, 2.75) is 49.3 Å². The smallest absolute Gasteiger partial charge is 0.341 e. The van der Waals surface area contributed by atoms with Crippen LogP contribution in [0.5, 0.6) is 0 Å². The number of esters is 1. The Morgan fingerprint density at radius 3 is 2.32 bits per heavy atom. The summed E-state index contributed by atoms with van der Waals surface area (Å²) in [4.78, 5) is 23.6. The molecule has 6 nitrogen and oxygen atoms in total. The van der Waals surface area contributed by atoms with Crippen molar-refractivity contribution in [2.75, 3.05) is 6.61 Å². The predicted molar refractivity (Wildman–Crippen MR) is 110 cm³/mol. The van der Waals surface area contributed by atoms with Crippen molar-refractivity contribution in [3.8, 4) is 0 Å². The maximum atomic E-state index is 12.6. The number of rotatable bonds is 7. The number of sulfone groups is 1. The van der Waals surface area contributed by atoms with Gasteiger partial charge in [0.2, 0.25) is 9.84 Å². The van der Waals surface area contributed by atoms with Crippen LogP contribution in [0, 0.1) is 0 Å². The normalized spacial score (nSPS) is 14.6. The number of fused-ring (bicyclic) bond motifs is 1. The first-order valence-corrected chi connectivity index (χ1v) is 11.4. The molecule has 0 aliphatic heterocycles. The Bertz CT molecular complexity index is 1070. The minimum atomic E-state index is -4.74. The van der Waals surface area contributed by atoms with Gasteiger partial charge in [0.25, 0.3) is 5.91 Å². The summed E-state index contributed by atoms with van der Waals surface area (Å²) in [5.41, 5.74) is 3.56. The van der Waals surface area contributed by atoms with Crippen LogP contribution >= 0.6 is 0 Å². The highest BCUT2D eigenvalue weighted by Gasteiger charge is 2.26. The molecule has 2 aromatic rings. The van der Waals surface area contributed by atoms with Gasteiger partial charge < -0.3 is 10.1 Å². The first-order valence-electron chi connectivity index (χ1n) is 9.89. The molecule has 0 saturated carbocycles. The predicted octanol–water partition coefficient (Wildman–Crippen LogP) is 3.60. The van der Waals surface area contributed by atoms with Gasteiger partial charge >= 0.3 is 11.7 Å². The number of carbonyl (C=O) groups excluding carboxylic acids is 2. The van der Waals surface area contributed by atoms with E-state index in [-0.39, 0.29) is 11.6 Å². The molecule has 31 heavy (non-hydrogen) atoms. The number of nitrogens with one attached hydrogen (secondary N) is 1. The van der Waals surface area contributed by atoms with E-state index >= 15 is 0 Å². The summed E-state index contributed by atoms with van der Waals surface area (Å²) in [7, 11) is -4.74. The van der Waals surface area contributed by atoms with E-state index in [4.69, 9.17) is 4.74 Å². The molecule has 0 saturated heterocycles. The van der Waals surface area contributed by atoms with E-state index in [2.05, 4.69) is 17.4 Å². The molecule has 1 N–H and O–H groups in total. The van der Waals surface area contributed by atoms with Gasteiger partial charge in [-0.2, -0.15) is 8.78 Å². The third kappa shape index (κ3) is 5.46. The summed E-state index contributed by atoms with van der Waals surface area (Å²) in [6, 6.07) is 9.82. The highest BCUT2D eigenvalue weighted by atomic mass is 32.2. The minimum Gasteiger partial charge on any atom is -0.452 e. The van der Waals surface area contributed by atoms with E-state index in [1.165, 1.54) is 17.5 Å². The van der Waals surface area contributed by atoms with Gasteiger partial charge in [0.05, 0.1) is 16.5 Å². The van der Waals surface area contributed by atoms with Crippen LogP contribution in [0.1, 0.15) is 52.9 Å². The zero-order valence-electron chi connectivity index (χ0n) is 16.9. The fraction of sp³-hybridized carbons (Fsp3) is 0.364. The van der Waals surface area contributed by atoms with Gasteiger partial charge in [0.1, 0.15) is 0 Å². The number of hydrogen-bond acceptors (Lipinski definition) is 5. The zero-order chi connectivity index (χ0) is 22.6. The molecule has 3 rings (SSSR count). The van der Waals surface area contributed by atoms with Crippen LogP contribution in [0.15, 0.2) is 47.4 Å². The van der Waals surface area contributed by atoms with Crippen molar-refractivity contribution >= 4 is 21.7 Å². The molecule has 0 unspecified atom stereocenters. The van der Waals surface area contributed by atoms with Crippen LogP contribution in [0.25, 0.3) is 0 Å². The van der Waals surface area contributed by atoms with E-state index in [1.807, 2.05) is 13.0 Å². The Labute approximate surface area is 179 Å². The van der Waals surface area contributed by atoms with E-state index in [1.54, 1.807) is 0 Å². The van der Waals surface area contributed by atoms with Gasteiger partial charge in [0.15, 0.2) is 6.61 Å². The van der Waals surface area contributed by atoms with Crippen LogP contribution in [-0.4, -0.2) is 32.7 Å². The van der Waals surface area contributed by atoms with Crippen LogP contribution < -0.4 is 5.32 Å². The number of ether oxygens (including phenoxy) is 1. The second-order valence-corrected chi connectivity index (χ2v) is 9.35. The van der Waals surface area contributed by atoms with Crippen molar-refractivity contribution in [3.05, 3.63) is 64.7 Å². The van der Waals surface area contributed by atoms with Gasteiger partial charge in [-0.3, -0.25) is 4.79 Å². The molecule has 0 spiro atoms. The first-order chi connectivity index (χ1) is 14.7. The molecule has 2 aromatic carbocycles. The molecule has 0 aromatic heterocycles. The summed E-state index contributed by atoms with van der Waals surface area (Å²) < 4.78 is 52.9. The summed E-state index contributed by atoms with van der Waals surface area (Å²) in [6.45, 7) is 1.32. The molecule has 0 radical (unpaired) electrons. The van der Waals surface area contributed by atoms with E-state index in [9.17, 15) is 26.8 Å². The lowest BCUT2D eigenvalue weighted by Crippen LogP contribution is -2.31. The maximum absolute atomic E-state index is 12.6. The van der Waals surface area contributed by atoms with Crippen molar-refractivity contribution in [1.29, 1.82) is 0 Å². The summed E-state index contributed by atoms with van der Waals surface area (Å²) in [5.74, 6) is -4.90. The second kappa shape index (κ2) is 9.55. The SMILES string of the molecule is C[C@H](NC(=O)COC(=O)c1ccc(S(=O)(=O)C(F)F)cc1)c1ccc2c(c1)CCCC2. The van der Waals surface area contributed by atoms with E-state index in [0.29, 0.717) is 0 Å². The monoisotopic (exact) mass is 451 g/mol. The average molecular weight is 451 g/mol. The molecule has 0 fully saturated rings. The molecule has 9 heteroatoms. The Hall–Kier alpha value is -2.81. The first kappa shape index (κ1) is 22.9. The second-order valence-electron chi connectivity index (χ2n) is 7.43. The fourth-order valence-electron chi connectivity index (χ4n) is 3.49. The van der Waals surface area contributed by atoms with Gasteiger partial charge in [-0.1, -0.05) is 18.2 Å². The van der Waals surface area contributed by atoms with Crippen LogP contribution in [0.4, 0.5) is 8.78 Å². The fourth-order valence-corrected chi connectivity index (χ4v) is 4.21. The third-order valence-electron chi connectivity index (χ3n) is 5.24. The standard InChI is InChI=1S/C22H23F2NO5S/c1-14(17-7-6-15-4-2-3-5-18(15)12-17)25-20(26)13-30-21(27)16-8-10-19(11-9-16)31(28,29)22(23)24/h6-12,14,22H,2-5,13H2,1H3,(H,25,26)/t14-/m0/s1. The number of carbonyl (C=O) groups is 2. The third-order valence-corrected chi connectivity index (χ3v) is 6.64. The lowest BCUT2D eigenvalue weighted by molar-refractivity contribution is -0.124. The van der Waals surface area contributed by atoms with E-state index in [0.717, 1.165) is 49.1 Å². The number of alkyl halides is 2. The molecule has 1 aliphatic rings. The van der Waals surface area contributed by atoms with Crippen molar-refractivity contribution in [3.63, 3.8) is 0 Å². The number of benzene rings is 2. The molecule has 1 aliphatic carbocycles. The van der Waals surface area contributed by atoms with Gasteiger partial charge in [0, 0.05) is 0 Å². The molecule has 1 atom stereocenters. The van der Waals surface area contributed by atoms with E-state index < -0.39 is 39.0 Å². The van der Waals surface area contributed by atoms with Gasteiger partial charge in [-0.25, -0.2) is 13.2 Å².